The molecule has 0 saturated heterocycles. The Balaban J connectivity index is 0.000000655. The molecule has 4 heteroatoms. The van der Waals surface area contributed by atoms with Gasteiger partial charge in [-0.05, 0) is 24.0 Å². The summed E-state index contributed by atoms with van der Waals surface area (Å²) in [5, 5.41) is 5.44. The van der Waals surface area contributed by atoms with Crippen molar-refractivity contribution in [2.24, 2.45) is 0 Å². The Morgan fingerprint density at radius 1 is 0.525 bits per heavy atom. The fourth-order valence-corrected chi connectivity index (χ4v) is 4.74. The molecule has 0 amide bonds. The molecule has 0 saturated carbocycles. The molecule has 0 aliphatic rings. The summed E-state index contributed by atoms with van der Waals surface area (Å²) < 4.78 is 0. The summed E-state index contributed by atoms with van der Waals surface area (Å²) in [4.78, 5) is 0. The van der Waals surface area contributed by atoms with Crippen molar-refractivity contribution >= 4 is 53.2 Å². The fourth-order valence-electron chi connectivity index (χ4n) is 4.74. The molecular weight excluding hydrogens is 623 g/mol. The zero-order valence-electron chi connectivity index (χ0n) is 23.8. The van der Waals surface area contributed by atoms with Crippen LogP contribution in [0.1, 0.15) is 25.0 Å². The van der Waals surface area contributed by atoms with E-state index in [0.29, 0.717) is 0 Å². The molecule has 6 aromatic rings. The molecule has 0 fully saturated rings. The van der Waals surface area contributed by atoms with E-state index in [9.17, 15) is 0 Å². The van der Waals surface area contributed by atoms with Crippen molar-refractivity contribution in [2.45, 2.75) is 26.7 Å². The van der Waals surface area contributed by atoms with Crippen LogP contribution in [0, 0.1) is 14.9 Å². The van der Waals surface area contributed by atoms with E-state index < -0.39 is 0 Å². The van der Waals surface area contributed by atoms with Crippen molar-refractivity contribution < 1.29 is 23.3 Å². The summed E-state index contributed by atoms with van der Waals surface area (Å²) >= 11 is 1.36. The summed E-state index contributed by atoms with van der Waals surface area (Å²) in [6.07, 6.45) is 2.20. The van der Waals surface area contributed by atoms with Crippen molar-refractivity contribution in [1.82, 2.24) is 0 Å². The number of benzene rings is 4. The SMILES string of the molecule is CCc1cc2c(-c3ccccc3)cccc2[cH-]1.CCc1cc2c(-c3ccccc3)cccc2[cH-]1.Cl.Cl.[CH3-].[CH3-].[Si]=[Zr]. The first kappa shape index (κ1) is 37.8. The zero-order chi connectivity index (χ0) is 25.3. The van der Waals surface area contributed by atoms with Crippen molar-refractivity contribution in [2.75, 3.05) is 0 Å². The van der Waals surface area contributed by atoms with Gasteiger partial charge in [-0.15, -0.1) is 93.9 Å². The molecule has 2 radical (unpaired) electrons. The van der Waals surface area contributed by atoms with E-state index in [0.717, 1.165) is 12.8 Å². The maximum atomic E-state index is 3.06. The van der Waals surface area contributed by atoms with Gasteiger partial charge in [-0.1, -0.05) is 97.8 Å². The number of hydrogen-bond acceptors (Lipinski definition) is 0. The van der Waals surface area contributed by atoms with Gasteiger partial charge < -0.3 is 14.9 Å². The van der Waals surface area contributed by atoms with E-state index >= 15 is 0 Å². The van der Waals surface area contributed by atoms with Gasteiger partial charge in [0, 0.05) is 0 Å². The summed E-state index contributed by atoms with van der Waals surface area (Å²) in [7, 11) is 0. The van der Waals surface area contributed by atoms with Crippen molar-refractivity contribution in [1.29, 1.82) is 0 Å². The average Bonchev–Trinajstić information content (AvgIpc) is 3.59. The fraction of sp³-hybridized carbons (Fsp3) is 0.111. The first-order valence-electron chi connectivity index (χ1n) is 12.5. The van der Waals surface area contributed by atoms with E-state index in [1.807, 2.05) is 0 Å². The average molecular weight is 661 g/mol. The number of hydrogen-bond donors (Lipinski definition) is 0. The standard InChI is InChI=1S/2C17H15.2CH3.2ClH.Si.Zr/c2*1-2-13-11-15-9-6-10-16(17(15)12-13)14-7-4-3-5-8-14;;;;;;/h2*3-12H,2H2,1H3;2*1H3;2*1H;;/q4*-1;;;;. The molecule has 0 N–H and O–H groups in total. The molecule has 0 aliphatic heterocycles. The summed E-state index contributed by atoms with van der Waals surface area (Å²) in [6, 6.07) is 43.5. The molecule has 0 nitrogen and oxygen atoms in total. The third-order valence-electron chi connectivity index (χ3n) is 6.61. The van der Waals surface area contributed by atoms with E-state index in [2.05, 4.69) is 142 Å². The number of aryl methyl sites for hydroxylation is 2. The Kier molecular flexibility index (Phi) is 17.9. The van der Waals surface area contributed by atoms with Crippen LogP contribution >= 0.6 is 24.8 Å². The van der Waals surface area contributed by atoms with Crippen molar-refractivity contribution in [3.8, 4) is 22.3 Å². The molecule has 0 aromatic heterocycles. The molecule has 6 aromatic carbocycles. The maximum absolute atomic E-state index is 3.06. The molecule has 0 aliphatic carbocycles. The molecule has 208 valence electrons. The van der Waals surface area contributed by atoms with Crippen LogP contribution in [0.25, 0.3) is 43.8 Å². The Hall–Kier alpha value is -2.22. The van der Waals surface area contributed by atoms with Crippen LogP contribution in [0.15, 0.2) is 121 Å². The van der Waals surface area contributed by atoms with Gasteiger partial charge in [0.05, 0.1) is 0 Å². The number of rotatable bonds is 4. The number of halogens is 2. The Bertz CT molecular complexity index is 1420. The molecule has 0 atom stereocenters. The number of fused-ring (bicyclic) bond motifs is 2. The van der Waals surface area contributed by atoms with Crippen LogP contribution in [0.4, 0.5) is 0 Å². The van der Waals surface area contributed by atoms with E-state index in [4.69, 9.17) is 0 Å². The summed E-state index contributed by atoms with van der Waals surface area (Å²) in [6.45, 7) is 7.47. The van der Waals surface area contributed by atoms with Crippen LogP contribution in [0.5, 0.6) is 0 Å². The van der Waals surface area contributed by atoms with Crippen LogP contribution < -0.4 is 0 Å². The van der Waals surface area contributed by atoms with E-state index in [-0.39, 0.29) is 39.7 Å². The minimum absolute atomic E-state index is 0. The van der Waals surface area contributed by atoms with Crippen molar-refractivity contribution in [3.63, 3.8) is 0 Å². The van der Waals surface area contributed by atoms with Gasteiger partial charge in [0.25, 0.3) is 0 Å². The van der Waals surface area contributed by atoms with Gasteiger partial charge in [0.1, 0.15) is 0 Å². The predicted octanol–water partition coefficient (Wildman–Crippen LogP) is 10.9. The van der Waals surface area contributed by atoms with Crippen LogP contribution in [-0.4, -0.2) is 6.88 Å². The summed E-state index contributed by atoms with van der Waals surface area (Å²) in [5.74, 6) is 0. The minimum atomic E-state index is 0. The Morgan fingerprint density at radius 2 is 0.875 bits per heavy atom. The molecular formula is C36H38Cl2SiZr-4. The second kappa shape index (κ2) is 19.0. The predicted molar refractivity (Wildman–Crippen MR) is 182 cm³/mol. The van der Waals surface area contributed by atoms with Gasteiger partial charge >= 0.3 is 30.2 Å². The Labute approximate surface area is 271 Å². The quantitative estimate of drug-likeness (QED) is 0.130. The van der Waals surface area contributed by atoms with E-state index in [1.165, 1.54) is 78.3 Å². The first-order chi connectivity index (χ1) is 17.8. The second-order valence-corrected chi connectivity index (χ2v) is 8.78. The normalized spacial score (nSPS) is 9.32. The van der Waals surface area contributed by atoms with E-state index in [1.54, 1.807) is 0 Å². The van der Waals surface area contributed by atoms with Gasteiger partial charge in [0.2, 0.25) is 0 Å². The van der Waals surface area contributed by atoms with Gasteiger partial charge in [-0.3, -0.25) is 0 Å². The second-order valence-electron chi connectivity index (χ2n) is 8.78. The topological polar surface area (TPSA) is 0 Å². The first-order valence-corrected chi connectivity index (χ1v) is 16.7. The summed E-state index contributed by atoms with van der Waals surface area (Å²) in [5.41, 5.74) is 8.11. The monoisotopic (exact) mass is 658 g/mol. The van der Waals surface area contributed by atoms with Crippen LogP contribution in [0.2, 0.25) is 0 Å². The third kappa shape index (κ3) is 8.89. The van der Waals surface area contributed by atoms with Gasteiger partial charge in [0.15, 0.2) is 0 Å². The molecule has 6 rings (SSSR count). The molecule has 0 bridgehead atoms. The van der Waals surface area contributed by atoms with Crippen molar-refractivity contribution in [3.05, 3.63) is 147 Å². The molecule has 0 heterocycles. The third-order valence-corrected chi connectivity index (χ3v) is 6.61. The van der Waals surface area contributed by atoms with Crippen LogP contribution in [-0.2, 0) is 36.2 Å². The molecule has 0 unspecified atom stereocenters. The van der Waals surface area contributed by atoms with Gasteiger partial charge in [-0.2, -0.15) is 12.1 Å². The Morgan fingerprint density at radius 3 is 1.20 bits per heavy atom. The molecule has 40 heavy (non-hydrogen) atoms. The van der Waals surface area contributed by atoms with Gasteiger partial charge in [-0.25, -0.2) is 0 Å². The van der Waals surface area contributed by atoms with Crippen LogP contribution in [0.3, 0.4) is 0 Å². The molecule has 0 spiro atoms. The zero-order valence-corrected chi connectivity index (χ0v) is 28.9.